The number of thiazole rings is 1. The van der Waals surface area contributed by atoms with Crippen LogP contribution in [-0.4, -0.2) is 63.1 Å². The van der Waals surface area contributed by atoms with E-state index in [1.807, 2.05) is 20.8 Å². The summed E-state index contributed by atoms with van der Waals surface area (Å²) in [5.74, 6) is -1.05. The van der Waals surface area contributed by atoms with Gasteiger partial charge in [0, 0.05) is 43.0 Å². The molecule has 0 unspecified atom stereocenters. The molecule has 3 heterocycles. The van der Waals surface area contributed by atoms with E-state index in [4.69, 9.17) is 0 Å². The second-order valence-electron chi connectivity index (χ2n) is 11.5. The number of amides is 2. The lowest BCUT2D eigenvalue weighted by Crippen LogP contribution is -2.34. The number of carbonyl (C=O) groups excluding carboxylic acids is 2. The molecule has 2 aromatic rings. The molecule has 0 bridgehead atoms. The molecule has 1 fully saturated rings. The average molecular weight is 556 g/mol. The van der Waals surface area contributed by atoms with Crippen LogP contribution in [0.4, 0.5) is 19.0 Å². The van der Waals surface area contributed by atoms with Crippen LogP contribution in [0.15, 0.2) is 12.3 Å². The third kappa shape index (κ3) is 7.22. The summed E-state index contributed by atoms with van der Waals surface area (Å²) < 4.78 is 42.8. The van der Waals surface area contributed by atoms with Gasteiger partial charge in [0.2, 0.25) is 0 Å². The van der Waals surface area contributed by atoms with Crippen LogP contribution < -0.4 is 10.6 Å². The summed E-state index contributed by atoms with van der Waals surface area (Å²) in [6, 6.07) is 0.831. The second kappa shape index (κ2) is 11.2. The number of aliphatic hydroxyl groups excluding tert-OH is 1. The van der Waals surface area contributed by atoms with Gasteiger partial charge in [0.05, 0.1) is 10.4 Å². The van der Waals surface area contributed by atoms with Crippen LogP contribution in [0.25, 0.3) is 10.4 Å². The monoisotopic (exact) mass is 555 g/mol. The highest BCUT2D eigenvalue weighted by Gasteiger charge is 2.38. The number of carbonyl (C=O) groups is 2. The first-order chi connectivity index (χ1) is 17.5. The van der Waals surface area contributed by atoms with Crippen molar-refractivity contribution in [1.82, 2.24) is 20.2 Å². The third-order valence-electron chi connectivity index (χ3n) is 6.31. The average Bonchev–Trinajstić information content (AvgIpc) is 3.43. The van der Waals surface area contributed by atoms with Crippen LogP contribution >= 0.6 is 11.3 Å². The maximum Gasteiger partial charge on any atom is 0.417 e. The fourth-order valence-corrected chi connectivity index (χ4v) is 5.11. The zero-order valence-electron chi connectivity index (χ0n) is 22.6. The number of nitrogens with zero attached hydrogens (tertiary/aromatic N) is 3. The number of aromatic nitrogens is 2. The number of nitrogens with one attached hydrogen (secondary N) is 2. The van der Waals surface area contributed by atoms with Gasteiger partial charge in [-0.3, -0.25) is 9.59 Å². The van der Waals surface area contributed by atoms with E-state index in [9.17, 15) is 27.9 Å². The molecule has 0 aliphatic carbocycles. The predicted octanol–water partition coefficient (Wildman–Crippen LogP) is 5.20. The van der Waals surface area contributed by atoms with Crippen LogP contribution in [0.5, 0.6) is 0 Å². The van der Waals surface area contributed by atoms with Gasteiger partial charge in [-0.05, 0) is 58.4 Å². The molecule has 1 aliphatic heterocycles. The van der Waals surface area contributed by atoms with Crippen LogP contribution in [0, 0.1) is 5.41 Å². The Morgan fingerprint density at radius 2 is 1.89 bits per heavy atom. The first kappa shape index (κ1) is 29.8. The molecule has 0 radical (unpaired) electrons. The Morgan fingerprint density at radius 1 is 1.21 bits per heavy atom. The first-order valence-electron chi connectivity index (χ1n) is 12.6. The molecule has 3 rings (SSSR count). The fraction of sp³-hybridized carbons (Fsp3) is 0.615. The highest BCUT2D eigenvalue weighted by molar-refractivity contribution is 7.17. The van der Waals surface area contributed by atoms with Crippen molar-refractivity contribution in [2.45, 2.75) is 78.6 Å². The van der Waals surface area contributed by atoms with Gasteiger partial charge in [-0.25, -0.2) is 9.97 Å². The predicted molar refractivity (Wildman–Crippen MR) is 141 cm³/mol. The van der Waals surface area contributed by atoms with E-state index in [1.165, 1.54) is 0 Å². The van der Waals surface area contributed by atoms with Crippen molar-refractivity contribution in [3.05, 3.63) is 28.5 Å². The number of alkyl halides is 3. The summed E-state index contributed by atoms with van der Waals surface area (Å²) in [7, 11) is 0. The van der Waals surface area contributed by atoms with Gasteiger partial charge in [-0.1, -0.05) is 13.8 Å². The Kier molecular flexibility index (Phi) is 8.77. The van der Waals surface area contributed by atoms with Crippen molar-refractivity contribution in [2.24, 2.45) is 5.41 Å². The minimum Gasteiger partial charge on any atom is -0.396 e. The molecule has 12 heteroatoms. The number of anilines is 1. The molecule has 0 saturated carbocycles. The molecule has 38 heavy (non-hydrogen) atoms. The van der Waals surface area contributed by atoms with Gasteiger partial charge in [0.25, 0.3) is 11.8 Å². The SMILES string of the molecule is C[C@H]1CCCN1C(=O)c1nc(C(=O)NCCC(C)(C)CO)sc1-c1cnc(NC(C)(C)C)cc1C(F)(F)F. The lowest BCUT2D eigenvalue weighted by atomic mass is 9.91. The van der Waals surface area contributed by atoms with Crippen molar-refractivity contribution in [1.29, 1.82) is 0 Å². The molecular weight excluding hydrogens is 519 g/mol. The standard InChI is InChI=1S/C26H36F3N5O3S/c1-15-8-7-11-34(15)23(37)19-20(38-22(32-19)21(36)30-10-9-25(5,6)14-35)16-13-31-18(33-24(2,3)4)12-17(16)26(27,28)29/h12-13,15,35H,7-11,14H2,1-6H3,(H,30,36)(H,31,33)/t15-/m0/s1. The van der Waals surface area contributed by atoms with Gasteiger partial charge >= 0.3 is 6.18 Å². The van der Waals surface area contributed by atoms with Crippen molar-refractivity contribution < 1.29 is 27.9 Å². The molecule has 0 spiro atoms. The zero-order chi connectivity index (χ0) is 28.5. The van der Waals surface area contributed by atoms with E-state index in [1.54, 1.807) is 25.7 Å². The van der Waals surface area contributed by atoms with Gasteiger partial charge in [-0.15, -0.1) is 11.3 Å². The molecule has 2 amide bonds. The lowest BCUT2D eigenvalue weighted by Gasteiger charge is -2.23. The molecule has 8 nitrogen and oxygen atoms in total. The Bertz CT molecular complexity index is 1170. The van der Waals surface area contributed by atoms with Crippen molar-refractivity contribution >= 4 is 29.0 Å². The highest BCUT2D eigenvalue weighted by Crippen LogP contribution is 2.42. The van der Waals surface area contributed by atoms with Gasteiger partial charge < -0.3 is 20.6 Å². The minimum atomic E-state index is -4.74. The van der Waals surface area contributed by atoms with E-state index >= 15 is 0 Å². The maximum absolute atomic E-state index is 14.3. The third-order valence-corrected chi connectivity index (χ3v) is 7.40. The second-order valence-corrected chi connectivity index (χ2v) is 12.5. The molecule has 1 saturated heterocycles. The van der Waals surface area contributed by atoms with Gasteiger partial charge in [-0.2, -0.15) is 13.2 Å². The smallest absolute Gasteiger partial charge is 0.396 e. The minimum absolute atomic E-state index is 0.0444. The molecule has 2 aromatic heterocycles. The number of hydrogen-bond acceptors (Lipinski definition) is 7. The number of likely N-dealkylation sites (tertiary alicyclic amines) is 1. The number of pyridine rings is 1. The summed E-state index contributed by atoms with van der Waals surface area (Å²) in [6.45, 7) is 11.6. The van der Waals surface area contributed by atoms with E-state index in [-0.39, 0.29) is 46.2 Å². The maximum atomic E-state index is 14.3. The Hall–Kier alpha value is -2.73. The molecule has 210 valence electrons. The number of hydrogen-bond donors (Lipinski definition) is 3. The van der Waals surface area contributed by atoms with Crippen LogP contribution in [0.2, 0.25) is 0 Å². The van der Waals surface area contributed by atoms with Crippen LogP contribution in [-0.2, 0) is 6.18 Å². The lowest BCUT2D eigenvalue weighted by molar-refractivity contribution is -0.137. The largest absolute Gasteiger partial charge is 0.417 e. The topological polar surface area (TPSA) is 107 Å². The van der Waals surface area contributed by atoms with Crippen molar-refractivity contribution in [3.8, 4) is 10.4 Å². The van der Waals surface area contributed by atoms with Gasteiger partial charge in [0.1, 0.15) is 11.5 Å². The first-order valence-corrected chi connectivity index (χ1v) is 13.4. The Morgan fingerprint density at radius 3 is 2.45 bits per heavy atom. The van der Waals surface area contributed by atoms with Crippen LogP contribution in [0.1, 0.15) is 86.7 Å². The van der Waals surface area contributed by atoms with E-state index in [0.717, 1.165) is 36.4 Å². The van der Waals surface area contributed by atoms with E-state index in [2.05, 4.69) is 20.6 Å². The molecular formula is C26H36F3N5O3S. The molecule has 1 aliphatic rings. The molecule has 1 atom stereocenters. The summed E-state index contributed by atoms with van der Waals surface area (Å²) in [5, 5.41) is 15.0. The Labute approximate surface area is 225 Å². The summed E-state index contributed by atoms with van der Waals surface area (Å²) in [5.41, 5.74) is -2.39. The number of aliphatic hydroxyl groups is 1. The highest BCUT2D eigenvalue weighted by atomic mass is 32.1. The number of halogens is 3. The summed E-state index contributed by atoms with van der Waals surface area (Å²) in [6.07, 6.45) is -1.62. The quantitative estimate of drug-likeness (QED) is 0.414. The summed E-state index contributed by atoms with van der Waals surface area (Å²) in [4.78, 5) is 36.4. The summed E-state index contributed by atoms with van der Waals surface area (Å²) >= 11 is 0.742. The van der Waals surface area contributed by atoms with Crippen LogP contribution in [0.3, 0.4) is 0 Å². The number of rotatable bonds is 8. The zero-order valence-corrected chi connectivity index (χ0v) is 23.4. The van der Waals surface area contributed by atoms with E-state index in [0.29, 0.717) is 13.0 Å². The Balaban J connectivity index is 2.07. The fourth-order valence-electron chi connectivity index (χ4n) is 4.11. The molecule has 3 N–H and O–H groups in total. The van der Waals surface area contributed by atoms with Crippen molar-refractivity contribution in [2.75, 3.05) is 25.0 Å². The molecule has 0 aromatic carbocycles. The van der Waals surface area contributed by atoms with Gasteiger partial charge in [0.15, 0.2) is 5.01 Å². The van der Waals surface area contributed by atoms with Crippen molar-refractivity contribution in [3.63, 3.8) is 0 Å². The normalized spacial score (nSPS) is 16.6. The van der Waals surface area contributed by atoms with E-state index < -0.39 is 34.5 Å².